The summed E-state index contributed by atoms with van der Waals surface area (Å²) in [7, 11) is 0. The summed E-state index contributed by atoms with van der Waals surface area (Å²) in [6.45, 7) is 3.36. The Balaban J connectivity index is 1.76. The van der Waals surface area contributed by atoms with Crippen LogP contribution in [0.25, 0.3) is 0 Å². The maximum absolute atomic E-state index is 13.1. The van der Waals surface area contributed by atoms with Gasteiger partial charge in [-0.3, -0.25) is 0 Å². The first-order valence-corrected chi connectivity index (χ1v) is 7.03. The lowest BCUT2D eigenvalue weighted by molar-refractivity contribution is 0.249. The van der Waals surface area contributed by atoms with Crippen molar-refractivity contribution in [2.45, 2.75) is 25.3 Å². The zero-order chi connectivity index (χ0) is 13.7. The molecule has 0 aliphatic carbocycles. The number of nitrogens with zero attached hydrogens (tertiary/aromatic N) is 1. The van der Waals surface area contributed by atoms with Crippen LogP contribution in [0.15, 0.2) is 24.3 Å². The molecule has 2 atom stereocenters. The van der Waals surface area contributed by atoms with Gasteiger partial charge in [-0.15, -0.1) is 0 Å². The van der Waals surface area contributed by atoms with E-state index in [-0.39, 0.29) is 18.5 Å². The Morgan fingerprint density at radius 2 is 2.32 bits per heavy atom. The number of rotatable bonds is 6. The van der Waals surface area contributed by atoms with Crippen LogP contribution < -0.4 is 5.73 Å². The molecule has 0 saturated carbocycles. The predicted molar refractivity (Wildman–Crippen MR) is 74.2 cm³/mol. The first-order valence-electron chi connectivity index (χ1n) is 7.03. The number of aliphatic hydroxyl groups excluding tert-OH is 1. The molecule has 2 rings (SSSR count). The molecule has 2 unspecified atom stereocenters. The van der Waals surface area contributed by atoms with Crippen LogP contribution in [-0.2, 0) is 0 Å². The second-order valence-corrected chi connectivity index (χ2v) is 5.42. The van der Waals surface area contributed by atoms with Gasteiger partial charge in [0.2, 0.25) is 0 Å². The lowest BCUT2D eigenvalue weighted by atomic mass is 10.0. The molecule has 3 N–H and O–H groups in total. The summed E-state index contributed by atoms with van der Waals surface area (Å²) in [5.74, 6) is 0.396. The number of hydrogen-bond donors (Lipinski definition) is 2. The second-order valence-electron chi connectivity index (χ2n) is 5.42. The van der Waals surface area contributed by atoms with Crippen molar-refractivity contribution in [1.29, 1.82) is 0 Å². The lowest BCUT2D eigenvalue weighted by Gasteiger charge is -2.19. The van der Waals surface area contributed by atoms with E-state index in [4.69, 9.17) is 10.8 Å². The maximum Gasteiger partial charge on any atom is 0.123 e. The highest BCUT2D eigenvalue weighted by atomic mass is 19.1. The summed E-state index contributed by atoms with van der Waals surface area (Å²) in [5.41, 5.74) is 6.97. The second kappa shape index (κ2) is 6.98. The Labute approximate surface area is 114 Å². The van der Waals surface area contributed by atoms with Gasteiger partial charge in [-0.05, 0) is 56.0 Å². The van der Waals surface area contributed by atoms with Crippen molar-refractivity contribution >= 4 is 0 Å². The van der Waals surface area contributed by atoms with Crippen molar-refractivity contribution in [3.8, 4) is 0 Å². The van der Waals surface area contributed by atoms with E-state index >= 15 is 0 Å². The zero-order valence-corrected chi connectivity index (χ0v) is 11.3. The Bertz CT molecular complexity index is 399. The van der Waals surface area contributed by atoms with Crippen LogP contribution in [0.5, 0.6) is 0 Å². The molecule has 0 aromatic heterocycles. The molecular weight excluding hydrogens is 243 g/mol. The number of aliphatic hydroxyl groups is 1. The van der Waals surface area contributed by atoms with E-state index in [1.54, 1.807) is 6.07 Å². The molecule has 1 aromatic carbocycles. The minimum absolute atomic E-state index is 0.104. The Morgan fingerprint density at radius 1 is 1.47 bits per heavy atom. The minimum atomic E-state index is -0.225. The molecule has 1 fully saturated rings. The molecule has 0 spiro atoms. The molecule has 1 heterocycles. The van der Waals surface area contributed by atoms with Crippen molar-refractivity contribution < 1.29 is 9.50 Å². The molecule has 0 radical (unpaired) electrons. The molecule has 0 bridgehead atoms. The average molecular weight is 266 g/mol. The van der Waals surface area contributed by atoms with Crippen molar-refractivity contribution in [3.63, 3.8) is 0 Å². The van der Waals surface area contributed by atoms with Crippen molar-refractivity contribution in [2.75, 3.05) is 26.2 Å². The Morgan fingerprint density at radius 3 is 3.05 bits per heavy atom. The summed E-state index contributed by atoms with van der Waals surface area (Å²) < 4.78 is 13.1. The third kappa shape index (κ3) is 4.27. The molecular formula is C15H23FN2O. The summed E-state index contributed by atoms with van der Waals surface area (Å²) >= 11 is 0. The van der Waals surface area contributed by atoms with Gasteiger partial charge in [0.05, 0.1) is 0 Å². The SMILES string of the molecule is NC(CCN1CCC(CCO)C1)c1cccc(F)c1. The number of nitrogens with two attached hydrogens (primary N) is 1. The first-order chi connectivity index (χ1) is 9.19. The van der Waals surface area contributed by atoms with E-state index < -0.39 is 0 Å². The fraction of sp³-hybridized carbons (Fsp3) is 0.600. The van der Waals surface area contributed by atoms with Gasteiger partial charge < -0.3 is 15.7 Å². The lowest BCUT2D eigenvalue weighted by Crippen LogP contribution is -2.25. The normalized spacial score (nSPS) is 21.7. The van der Waals surface area contributed by atoms with E-state index in [1.807, 2.05) is 6.07 Å². The standard InChI is InChI=1S/C15H23FN2O/c16-14-3-1-2-13(10-14)15(17)5-8-18-7-4-12(11-18)6-9-19/h1-3,10,12,15,19H,4-9,11,17H2. The molecule has 4 heteroatoms. The molecule has 1 aliphatic heterocycles. The minimum Gasteiger partial charge on any atom is -0.396 e. The predicted octanol–water partition coefficient (Wildman–Crippen LogP) is 1.92. The summed E-state index contributed by atoms with van der Waals surface area (Å²) in [5, 5.41) is 8.93. The van der Waals surface area contributed by atoms with E-state index in [9.17, 15) is 4.39 Å². The van der Waals surface area contributed by atoms with E-state index in [0.717, 1.165) is 44.5 Å². The summed E-state index contributed by atoms with van der Waals surface area (Å²) in [6.07, 6.45) is 2.90. The monoisotopic (exact) mass is 266 g/mol. The number of likely N-dealkylation sites (tertiary alicyclic amines) is 1. The van der Waals surface area contributed by atoms with Crippen LogP contribution in [0.1, 0.15) is 30.9 Å². The Hall–Kier alpha value is -0.970. The zero-order valence-electron chi connectivity index (χ0n) is 11.3. The summed E-state index contributed by atoms with van der Waals surface area (Å²) in [6, 6.07) is 6.44. The van der Waals surface area contributed by atoms with Crippen LogP contribution in [0.3, 0.4) is 0 Å². The molecule has 1 aromatic rings. The van der Waals surface area contributed by atoms with Gasteiger partial charge in [-0.1, -0.05) is 12.1 Å². The van der Waals surface area contributed by atoms with Crippen LogP contribution in [0.2, 0.25) is 0 Å². The fourth-order valence-corrected chi connectivity index (χ4v) is 2.76. The quantitative estimate of drug-likeness (QED) is 0.827. The smallest absolute Gasteiger partial charge is 0.123 e. The van der Waals surface area contributed by atoms with Crippen molar-refractivity contribution in [3.05, 3.63) is 35.6 Å². The molecule has 1 aliphatic rings. The average Bonchev–Trinajstić information content (AvgIpc) is 2.84. The third-order valence-electron chi connectivity index (χ3n) is 3.94. The Kier molecular flexibility index (Phi) is 5.31. The van der Waals surface area contributed by atoms with Gasteiger partial charge in [-0.25, -0.2) is 4.39 Å². The van der Waals surface area contributed by atoms with Gasteiger partial charge in [0.1, 0.15) is 5.82 Å². The fourth-order valence-electron chi connectivity index (χ4n) is 2.76. The maximum atomic E-state index is 13.1. The van der Waals surface area contributed by atoms with Gasteiger partial charge in [0, 0.05) is 19.2 Å². The van der Waals surface area contributed by atoms with E-state index in [1.165, 1.54) is 12.1 Å². The van der Waals surface area contributed by atoms with Gasteiger partial charge in [0.25, 0.3) is 0 Å². The van der Waals surface area contributed by atoms with Crippen LogP contribution >= 0.6 is 0 Å². The van der Waals surface area contributed by atoms with Gasteiger partial charge in [0.15, 0.2) is 0 Å². The highest BCUT2D eigenvalue weighted by molar-refractivity contribution is 5.19. The number of halogens is 1. The largest absolute Gasteiger partial charge is 0.396 e. The topological polar surface area (TPSA) is 49.5 Å². The van der Waals surface area contributed by atoms with Crippen LogP contribution in [0, 0.1) is 11.7 Å². The van der Waals surface area contributed by atoms with Crippen molar-refractivity contribution in [2.24, 2.45) is 11.7 Å². The molecule has 1 saturated heterocycles. The highest BCUT2D eigenvalue weighted by Crippen LogP contribution is 2.21. The molecule has 3 nitrogen and oxygen atoms in total. The van der Waals surface area contributed by atoms with Crippen LogP contribution in [-0.4, -0.2) is 36.2 Å². The number of hydrogen-bond acceptors (Lipinski definition) is 3. The molecule has 106 valence electrons. The van der Waals surface area contributed by atoms with Crippen molar-refractivity contribution in [1.82, 2.24) is 4.90 Å². The summed E-state index contributed by atoms with van der Waals surface area (Å²) in [4.78, 5) is 2.39. The third-order valence-corrected chi connectivity index (χ3v) is 3.94. The van der Waals surface area contributed by atoms with E-state index in [0.29, 0.717) is 5.92 Å². The molecule has 19 heavy (non-hydrogen) atoms. The van der Waals surface area contributed by atoms with Crippen LogP contribution in [0.4, 0.5) is 4.39 Å². The van der Waals surface area contributed by atoms with E-state index in [2.05, 4.69) is 4.90 Å². The first kappa shape index (κ1) is 14.4. The molecule has 0 amide bonds. The highest BCUT2D eigenvalue weighted by Gasteiger charge is 2.22. The van der Waals surface area contributed by atoms with Gasteiger partial charge >= 0.3 is 0 Å². The number of benzene rings is 1. The van der Waals surface area contributed by atoms with Gasteiger partial charge in [-0.2, -0.15) is 0 Å².